The van der Waals surface area contributed by atoms with Gasteiger partial charge in [0.2, 0.25) is 0 Å². The van der Waals surface area contributed by atoms with Gasteiger partial charge in [0.15, 0.2) is 0 Å². The van der Waals surface area contributed by atoms with Gasteiger partial charge < -0.3 is 0 Å². The third kappa shape index (κ3) is 2.18. The molecule has 2 aliphatic heterocycles. The molecule has 0 bridgehead atoms. The van der Waals surface area contributed by atoms with Crippen molar-refractivity contribution in [3.05, 3.63) is 18.2 Å². The van der Waals surface area contributed by atoms with Crippen molar-refractivity contribution < 1.29 is 4.79 Å². The van der Waals surface area contributed by atoms with Gasteiger partial charge in [-0.2, -0.15) is 0 Å². The summed E-state index contributed by atoms with van der Waals surface area (Å²) in [6.45, 7) is 5.88. The first-order valence-electron chi connectivity index (χ1n) is 6.87. The molecule has 2 aliphatic rings. The van der Waals surface area contributed by atoms with E-state index in [9.17, 15) is 4.79 Å². The van der Waals surface area contributed by atoms with Gasteiger partial charge in [-0.05, 0) is 0 Å². The quantitative estimate of drug-likeness (QED) is 0.846. The van der Waals surface area contributed by atoms with E-state index >= 15 is 0 Å². The van der Waals surface area contributed by atoms with Crippen LogP contribution in [0.4, 0.5) is 17.1 Å². The molecule has 1 amide bonds. The van der Waals surface area contributed by atoms with Crippen LogP contribution in [0.2, 0.25) is 0 Å². The first kappa shape index (κ1) is 13.7. The second kappa shape index (κ2) is 5.28. The molecule has 1 unspecified atom stereocenters. The molecule has 1 aromatic rings. The van der Waals surface area contributed by atoms with Gasteiger partial charge >= 0.3 is 124 Å². The van der Waals surface area contributed by atoms with Crippen molar-refractivity contribution in [2.24, 2.45) is 19.3 Å². The topological polar surface area (TPSA) is 65.8 Å². The summed E-state index contributed by atoms with van der Waals surface area (Å²) >= 11 is -0.0756. The molecular formula is C14H18N4OSe. The molecule has 0 saturated carbocycles. The standard InChI is InChI=1S/C14H18N4OSe/c1-9(2)14(6-7-15-8-14)13(19)16-10-4-3-5-11-12(10)18-20-17-11/h3-5,9,15H,6-8H2,1-2H3,(H,16,19). The Morgan fingerprint density at radius 3 is 3.00 bits per heavy atom. The van der Waals surface area contributed by atoms with Crippen molar-refractivity contribution in [1.29, 1.82) is 0 Å². The molecular weight excluding hydrogens is 319 g/mol. The van der Waals surface area contributed by atoms with Crippen LogP contribution in [-0.4, -0.2) is 33.6 Å². The molecule has 6 heteroatoms. The summed E-state index contributed by atoms with van der Waals surface area (Å²) in [6.07, 6.45) is 0.886. The van der Waals surface area contributed by atoms with Gasteiger partial charge in [0.1, 0.15) is 0 Å². The number of nitrogens with one attached hydrogen (secondary N) is 2. The van der Waals surface area contributed by atoms with Crippen LogP contribution in [0.25, 0.3) is 0 Å². The van der Waals surface area contributed by atoms with Gasteiger partial charge in [-0.15, -0.1) is 0 Å². The summed E-state index contributed by atoms with van der Waals surface area (Å²) in [7, 11) is 0. The van der Waals surface area contributed by atoms with Crippen molar-refractivity contribution in [2.75, 3.05) is 18.4 Å². The average Bonchev–Trinajstić information content (AvgIpc) is 3.09. The van der Waals surface area contributed by atoms with Crippen LogP contribution in [0, 0.1) is 11.3 Å². The molecule has 1 saturated heterocycles. The number of amides is 1. The van der Waals surface area contributed by atoms with Crippen molar-refractivity contribution in [1.82, 2.24) is 5.32 Å². The second-order valence-corrected chi connectivity index (χ2v) is 6.74. The van der Waals surface area contributed by atoms with Gasteiger partial charge in [0.25, 0.3) is 0 Å². The van der Waals surface area contributed by atoms with E-state index < -0.39 is 0 Å². The zero-order valence-electron chi connectivity index (χ0n) is 11.6. The van der Waals surface area contributed by atoms with Crippen molar-refractivity contribution in [3.63, 3.8) is 0 Å². The van der Waals surface area contributed by atoms with Crippen molar-refractivity contribution >= 4 is 37.5 Å². The van der Waals surface area contributed by atoms with Gasteiger partial charge in [0, 0.05) is 0 Å². The number of carbonyl (C=O) groups excluding carboxylic acids is 1. The fraction of sp³-hybridized carbons (Fsp3) is 0.500. The van der Waals surface area contributed by atoms with E-state index in [0.29, 0.717) is 5.92 Å². The van der Waals surface area contributed by atoms with Crippen LogP contribution < -0.4 is 10.6 Å². The van der Waals surface area contributed by atoms with E-state index in [-0.39, 0.29) is 25.9 Å². The molecule has 0 aromatic heterocycles. The number of nitrogens with zero attached hydrogens (tertiary/aromatic N) is 2. The molecule has 1 aromatic carbocycles. The van der Waals surface area contributed by atoms with Gasteiger partial charge in [-0.3, -0.25) is 0 Å². The SMILES string of the molecule is CC(C)C1(C(=O)Nc2cccc3c2N=[Se]=N3)CCNC1. The van der Waals surface area contributed by atoms with E-state index in [0.717, 1.165) is 36.6 Å². The van der Waals surface area contributed by atoms with Gasteiger partial charge in [-0.1, -0.05) is 0 Å². The number of fused-ring (bicyclic) bond motifs is 1. The molecule has 20 heavy (non-hydrogen) atoms. The van der Waals surface area contributed by atoms with Crippen molar-refractivity contribution in [3.8, 4) is 0 Å². The zero-order chi connectivity index (χ0) is 14.2. The number of hydrogen-bond acceptors (Lipinski definition) is 4. The maximum absolute atomic E-state index is 12.8. The molecule has 3 rings (SSSR count). The van der Waals surface area contributed by atoms with Crippen LogP contribution in [0.1, 0.15) is 20.3 Å². The summed E-state index contributed by atoms with van der Waals surface area (Å²) in [6, 6.07) is 5.77. The Kier molecular flexibility index (Phi) is 3.63. The van der Waals surface area contributed by atoms with Crippen LogP contribution in [-0.2, 0) is 4.79 Å². The first-order chi connectivity index (χ1) is 9.63. The molecule has 0 spiro atoms. The Morgan fingerprint density at radius 2 is 2.30 bits per heavy atom. The molecule has 1 atom stereocenters. The molecule has 2 heterocycles. The Morgan fingerprint density at radius 1 is 1.45 bits per heavy atom. The molecule has 2 N–H and O–H groups in total. The molecule has 0 aliphatic carbocycles. The Bertz CT molecular complexity index is 614. The number of rotatable bonds is 3. The van der Waals surface area contributed by atoms with Gasteiger partial charge in [-0.25, -0.2) is 0 Å². The number of benzene rings is 1. The summed E-state index contributed by atoms with van der Waals surface area (Å²) in [5.74, 6) is 0.403. The van der Waals surface area contributed by atoms with Gasteiger partial charge in [0.05, 0.1) is 0 Å². The van der Waals surface area contributed by atoms with E-state index in [2.05, 4.69) is 32.4 Å². The Labute approximate surface area is 124 Å². The number of hydrogen-bond donors (Lipinski definition) is 2. The summed E-state index contributed by atoms with van der Waals surface area (Å²) in [4.78, 5) is 12.8. The third-order valence-corrected chi connectivity index (χ3v) is 5.42. The van der Waals surface area contributed by atoms with Crippen molar-refractivity contribution in [2.45, 2.75) is 20.3 Å². The van der Waals surface area contributed by atoms with Crippen LogP contribution >= 0.6 is 0 Å². The monoisotopic (exact) mass is 338 g/mol. The fourth-order valence-electron chi connectivity index (χ4n) is 2.81. The van der Waals surface area contributed by atoms with E-state index in [1.165, 1.54) is 0 Å². The predicted molar refractivity (Wildman–Crippen MR) is 79.8 cm³/mol. The molecule has 1 fully saturated rings. The normalized spacial score (nSPS) is 23.8. The minimum atomic E-state index is -0.316. The predicted octanol–water partition coefficient (Wildman–Crippen LogP) is 2.61. The van der Waals surface area contributed by atoms with E-state index in [1.807, 2.05) is 18.2 Å². The first-order valence-corrected chi connectivity index (χ1v) is 8.40. The molecule has 5 nitrogen and oxygen atoms in total. The molecule has 0 radical (unpaired) electrons. The summed E-state index contributed by atoms with van der Waals surface area (Å²) < 4.78 is 8.76. The van der Waals surface area contributed by atoms with E-state index in [4.69, 9.17) is 0 Å². The average molecular weight is 337 g/mol. The second-order valence-electron chi connectivity index (χ2n) is 5.63. The maximum atomic E-state index is 12.8. The minimum absolute atomic E-state index is 0.0756. The fourth-order valence-corrected chi connectivity index (χ4v) is 3.97. The molecule has 106 valence electrons. The number of anilines is 1. The van der Waals surface area contributed by atoms with Crippen LogP contribution in [0.3, 0.4) is 0 Å². The van der Waals surface area contributed by atoms with E-state index in [1.54, 1.807) is 0 Å². The zero-order valence-corrected chi connectivity index (χ0v) is 13.4. The summed E-state index contributed by atoms with van der Waals surface area (Å²) in [5.41, 5.74) is 2.21. The third-order valence-electron chi connectivity index (χ3n) is 4.28. The Balaban J connectivity index is 1.87. The van der Waals surface area contributed by atoms with Crippen LogP contribution in [0.5, 0.6) is 0 Å². The summed E-state index contributed by atoms with van der Waals surface area (Å²) in [5, 5.41) is 6.40. The Hall–Kier alpha value is -1.23. The van der Waals surface area contributed by atoms with Crippen LogP contribution in [0.15, 0.2) is 26.1 Å². The number of carbonyl (C=O) groups is 1.